The van der Waals surface area contributed by atoms with E-state index in [1.165, 1.54) is 20.0 Å². The van der Waals surface area contributed by atoms with Crippen molar-refractivity contribution in [1.82, 2.24) is 9.71 Å². The number of nitrogens with zero attached hydrogens (tertiary/aromatic N) is 1. The fourth-order valence-electron chi connectivity index (χ4n) is 2.24. The molecule has 1 aromatic heterocycles. The highest BCUT2D eigenvalue weighted by Gasteiger charge is 2.32. The molecule has 0 atom stereocenters. The van der Waals surface area contributed by atoms with E-state index in [0.717, 1.165) is 0 Å². The maximum Gasteiger partial charge on any atom is 0.245 e. The molecule has 144 valence electrons. The fourth-order valence-corrected chi connectivity index (χ4v) is 3.81. The van der Waals surface area contributed by atoms with Crippen molar-refractivity contribution in [1.29, 1.82) is 0 Å². The van der Waals surface area contributed by atoms with Crippen LogP contribution in [0.15, 0.2) is 61.3 Å². The second kappa shape index (κ2) is 8.79. The lowest BCUT2D eigenvalue weighted by molar-refractivity contribution is -0.120. The number of sulfonamides is 1. The minimum atomic E-state index is -3.70. The van der Waals surface area contributed by atoms with Crippen molar-refractivity contribution >= 4 is 21.6 Å². The predicted molar refractivity (Wildman–Crippen MR) is 105 cm³/mol. The van der Waals surface area contributed by atoms with Gasteiger partial charge in [-0.2, -0.15) is 4.72 Å². The molecule has 0 unspecified atom stereocenters. The van der Waals surface area contributed by atoms with E-state index in [-0.39, 0.29) is 5.75 Å². The number of carbonyl (C=O) groups excluding carboxylic acids is 1. The van der Waals surface area contributed by atoms with Gasteiger partial charge < -0.3 is 10.1 Å². The molecule has 0 saturated heterocycles. The van der Waals surface area contributed by atoms with Gasteiger partial charge in [0, 0.05) is 6.07 Å². The van der Waals surface area contributed by atoms with Crippen molar-refractivity contribution in [3.8, 4) is 5.88 Å². The van der Waals surface area contributed by atoms with E-state index < -0.39 is 21.5 Å². The van der Waals surface area contributed by atoms with Gasteiger partial charge in [0.15, 0.2) is 0 Å². The minimum absolute atomic E-state index is 0.207. The third-order valence-electron chi connectivity index (χ3n) is 3.52. The maximum absolute atomic E-state index is 12.5. The standard InChI is InChI=1S/C19H23N3O4S/c1-4-12-26-17-11-10-16(13-20-17)21-18(23)19(2,3)22-27(24,25)14-15-8-6-5-7-9-15/h4-11,13,22H,1,12,14H2,2-3H3,(H,21,23). The normalized spacial score (nSPS) is 11.6. The van der Waals surface area contributed by atoms with E-state index in [2.05, 4.69) is 21.6 Å². The van der Waals surface area contributed by atoms with Crippen LogP contribution in [0.3, 0.4) is 0 Å². The van der Waals surface area contributed by atoms with Crippen LogP contribution < -0.4 is 14.8 Å². The van der Waals surface area contributed by atoms with Gasteiger partial charge in [0.2, 0.25) is 21.8 Å². The van der Waals surface area contributed by atoms with Gasteiger partial charge in [-0.3, -0.25) is 4.79 Å². The minimum Gasteiger partial charge on any atom is -0.473 e. The van der Waals surface area contributed by atoms with E-state index in [1.54, 1.807) is 42.5 Å². The first-order chi connectivity index (χ1) is 12.7. The fraction of sp³-hybridized carbons (Fsp3) is 0.263. The summed E-state index contributed by atoms with van der Waals surface area (Å²) < 4.78 is 32.5. The summed E-state index contributed by atoms with van der Waals surface area (Å²) in [5.41, 5.74) is -0.271. The Kier molecular flexibility index (Phi) is 6.70. The number of carbonyl (C=O) groups is 1. The van der Waals surface area contributed by atoms with Gasteiger partial charge in [-0.25, -0.2) is 13.4 Å². The number of pyridine rings is 1. The van der Waals surface area contributed by atoms with Crippen LogP contribution in [0.5, 0.6) is 5.88 Å². The van der Waals surface area contributed by atoms with Crippen molar-refractivity contribution in [2.24, 2.45) is 0 Å². The van der Waals surface area contributed by atoms with Crippen LogP contribution in [0, 0.1) is 0 Å². The third-order valence-corrected chi connectivity index (χ3v) is 5.06. The summed E-state index contributed by atoms with van der Waals surface area (Å²) in [7, 11) is -3.70. The highest BCUT2D eigenvalue weighted by Crippen LogP contribution is 2.15. The van der Waals surface area contributed by atoms with Crippen LogP contribution in [0.1, 0.15) is 19.4 Å². The van der Waals surface area contributed by atoms with Gasteiger partial charge in [-0.05, 0) is 25.5 Å². The molecule has 2 N–H and O–H groups in total. The van der Waals surface area contributed by atoms with E-state index >= 15 is 0 Å². The molecule has 1 aromatic carbocycles. The zero-order valence-electron chi connectivity index (χ0n) is 15.3. The summed E-state index contributed by atoms with van der Waals surface area (Å²) in [5.74, 6) is -0.307. The number of hydrogen-bond donors (Lipinski definition) is 2. The first-order valence-corrected chi connectivity index (χ1v) is 9.94. The van der Waals surface area contributed by atoms with Gasteiger partial charge in [-0.1, -0.05) is 43.0 Å². The highest BCUT2D eigenvalue weighted by atomic mass is 32.2. The molecular weight excluding hydrogens is 366 g/mol. The molecule has 0 aliphatic heterocycles. The molecule has 27 heavy (non-hydrogen) atoms. The largest absolute Gasteiger partial charge is 0.473 e. The molecule has 0 radical (unpaired) electrons. The van der Waals surface area contributed by atoms with Gasteiger partial charge in [0.05, 0.1) is 17.6 Å². The molecule has 0 fully saturated rings. The first kappa shape index (κ1) is 20.6. The molecule has 0 spiro atoms. The molecule has 0 aliphatic rings. The summed E-state index contributed by atoms with van der Waals surface area (Å²) in [5, 5.41) is 2.65. The highest BCUT2D eigenvalue weighted by molar-refractivity contribution is 7.88. The van der Waals surface area contributed by atoms with Crippen molar-refractivity contribution < 1.29 is 17.9 Å². The SMILES string of the molecule is C=CCOc1ccc(NC(=O)C(C)(C)NS(=O)(=O)Cc2ccccc2)cn1. The average molecular weight is 389 g/mol. The zero-order chi connectivity index (χ0) is 19.9. The lowest BCUT2D eigenvalue weighted by Gasteiger charge is -2.25. The van der Waals surface area contributed by atoms with Crippen LogP contribution in [0.25, 0.3) is 0 Å². The van der Waals surface area contributed by atoms with E-state index in [1.807, 2.05) is 6.07 Å². The summed E-state index contributed by atoms with van der Waals surface area (Å²) in [6.45, 7) is 6.88. The molecule has 1 amide bonds. The number of benzene rings is 1. The molecular formula is C19H23N3O4S. The quantitative estimate of drug-likeness (QED) is 0.642. The van der Waals surface area contributed by atoms with Crippen molar-refractivity contribution in [3.63, 3.8) is 0 Å². The number of hydrogen-bond acceptors (Lipinski definition) is 5. The topological polar surface area (TPSA) is 97.4 Å². The van der Waals surface area contributed by atoms with Crippen LogP contribution in [-0.4, -0.2) is 31.5 Å². The lowest BCUT2D eigenvalue weighted by Crippen LogP contribution is -2.52. The number of rotatable bonds is 9. The van der Waals surface area contributed by atoms with E-state index in [9.17, 15) is 13.2 Å². The molecule has 0 saturated carbocycles. The Labute approximate surface area is 159 Å². The summed E-state index contributed by atoms with van der Waals surface area (Å²) in [4.78, 5) is 16.6. The monoisotopic (exact) mass is 389 g/mol. The number of amides is 1. The van der Waals surface area contributed by atoms with E-state index in [4.69, 9.17) is 4.74 Å². The number of aromatic nitrogens is 1. The number of ether oxygens (including phenoxy) is 1. The van der Waals surface area contributed by atoms with Gasteiger partial charge >= 0.3 is 0 Å². The Morgan fingerprint density at radius 3 is 2.52 bits per heavy atom. The number of anilines is 1. The molecule has 2 rings (SSSR count). The van der Waals surface area contributed by atoms with Crippen LogP contribution >= 0.6 is 0 Å². The summed E-state index contributed by atoms with van der Waals surface area (Å²) in [6.07, 6.45) is 3.03. The van der Waals surface area contributed by atoms with Crippen molar-refractivity contribution in [2.75, 3.05) is 11.9 Å². The Hall–Kier alpha value is -2.71. The third kappa shape index (κ3) is 6.50. The predicted octanol–water partition coefficient (Wildman–Crippen LogP) is 2.48. The van der Waals surface area contributed by atoms with Crippen LogP contribution in [0.2, 0.25) is 0 Å². The smallest absolute Gasteiger partial charge is 0.245 e. The van der Waals surface area contributed by atoms with E-state index in [0.29, 0.717) is 23.7 Å². The maximum atomic E-state index is 12.5. The summed E-state index contributed by atoms with van der Waals surface area (Å²) >= 11 is 0. The molecule has 2 aromatic rings. The Morgan fingerprint density at radius 1 is 1.22 bits per heavy atom. The molecule has 7 nitrogen and oxygen atoms in total. The van der Waals surface area contributed by atoms with Crippen molar-refractivity contribution in [3.05, 3.63) is 66.9 Å². The average Bonchev–Trinajstić information content (AvgIpc) is 2.60. The van der Waals surface area contributed by atoms with Crippen LogP contribution in [0.4, 0.5) is 5.69 Å². The Balaban J connectivity index is 2.00. The van der Waals surface area contributed by atoms with Gasteiger partial charge in [-0.15, -0.1) is 0 Å². The van der Waals surface area contributed by atoms with Gasteiger partial charge in [0.1, 0.15) is 12.1 Å². The van der Waals surface area contributed by atoms with Crippen LogP contribution in [-0.2, 0) is 20.6 Å². The Bertz CT molecular complexity index is 879. The molecule has 0 bridgehead atoms. The van der Waals surface area contributed by atoms with Crippen molar-refractivity contribution in [2.45, 2.75) is 25.1 Å². The summed E-state index contributed by atoms with van der Waals surface area (Å²) in [6, 6.07) is 12.0. The lowest BCUT2D eigenvalue weighted by atomic mass is 10.1. The van der Waals surface area contributed by atoms with Gasteiger partial charge in [0.25, 0.3) is 0 Å². The Morgan fingerprint density at radius 2 is 1.93 bits per heavy atom. The zero-order valence-corrected chi connectivity index (χ0v) is 16.1. The first-order valence-electron chi connectivity index (χ1n) is 8.28. The number of nitrogens with one attached hydrogen (secondary N) is 2. The second-order valence-electron chi connectivity index (χ2n) is 6.41. The molecule has 0 aliphatic carbocycles. The molecule has 8 heteroatoms. The molecule has 1 heterocycles. The second-order valence-corrected chi connectivity index (χ2v) is 8.13.